The maximum atomic E-state index is 12.6. The highest BCUT2D eigenvalue weighted by Gasteiger charge is 2.17. The van der Waals surface area contributed by atoms with Gasteiger partial charge in [-0.2, -0.15) is 5.26 Å². The third kappa shape index (κ3) is 2.39. The monoisotopic (exact) mass is 292 g/mol. The maximum absolute atomic E-state index is 12.6. The van der Waals surface area contributed by atoms with Gasteiger partial charge in [0.2, 0.25) is 0 Å². The zero-order chi connectivity index (χ0) is 14.8. The van der Waals surface area contributed by atoms with E-state index in [1.165, 1.54) is 0 Å². The molecule has 0 fully saturated rings. The van der Waals surface area contributed by atoms with E-state index in [0.29, 0.717) is 11.1 Å². The van der Waals surface area contributed by atoms with Gasteiger partial charge in [0.1, 0.15) is 0 Å². The van der Waals surface area contributed by atoms with E-state index in [1.54, 1.807) is 47.5 Å². The predicted octanol–water partition coefficient (Wildman–Crippen LogP) is 4.05. The molecule has 0 aliphatic rings. The number of hydrogen-bond acceptors (Lipinski definition) is 3. The van der Waals surface area contributed by atoms with Gasteiger partial charge in [-0.25, -0.2) is 0 Å². The topological polar surface area (TPSA) is 44.1 Å². The van der Waals surface area contributed by atoms with Crippen LogP contribution in [0.25, 0.3) is 10.1 Å². The summed E-state index contributed by atoms with van der Waals surface area (Å²) in [7, 11) is 1.75. The van der Waals surface area contributed by atoms with E-state index in [0.717, 1.165) is 15.8 Å². The number of benzene rings is 2. The molecular weight excluding hydrogens is 280 g/mol. The van der Waals surface area contributed by atoms with Crippen molar-refractivity contribution >= 4 is 33.0 Å². The average molecular weight is 292 g/mol. The number of rotatable bonds is 2. The van der Waals surface area contributed by atoms with Gasteiger partial charge in [-0.05, 0) is 30.3 Å². The number of carbonyl (C=O) groups excluding carboxylic acids is 1. The summed E-state index contributed by atoms with van der Waals surface area (Å²) in [6.45, 7) is 0. The molecule has 1 amide bonds. The van der Waals surface area contributed by atoms with Crippen LogP contribution in [0.4, 0.5) is 5.69 Å². The Kier molecular flexibility index (Phi) is 3.43. The summed E-state index contributed by atoms with van der Waals surface area (Å²) in [6.07, 6.45) is 0. The van der Waals surface area contributed by atoms with Gasteiger partial charge in [-0.3, -0.25) is 4.79 Å². The highest BCUT2D eigenvalue weighted by molar-refractivity contribution is 7.17. The van der Waals surface area contributed by atoms with E-state index >= 15 is 0 Å². The molecule has 0 bridgehead atoms. The van der Waals surface area contributed by atoms with E-state index in [1.807, 2.05) is 29.6 Å². The van der Waals surface area contributed by atoms with Gasteiger partial charge in [-0.1, -0.05) is 18.2 Å². The molecule has 0 radical (unpaired) electrons. The Morgan fingerprint density at radius 1 is 1.14 bits per heavy atom. The van der Waals surface area contributed by atoms with Crippen LogP contribution >= 0.6 is 11.3 Å². The Morgan fingerprint density at radius 2 is 1.86 bits per heavy atom. The molecule has 0 aliphatic carbocycles. The highest BCUT2D eigenvalue weighted by Crippen LogP contribution is 2.27. The van der Waals surface area contributed by atoms with Crippen LogP contribution in [0.5, 0.6) is 0 Å². The number of thiophene rings is 1. The van der Waals surface area contributed by atoms with Gasteiger partial charge in [0, 0.05) is 28.2 Å². The summed E-state index contributed by atoms with van der Waals surface area (Å²) in [4.78, 5) is 14.2. The molecule has 0 N–H and O–H groups in total. The molecule has 0 atom stereocenters. The zero-order valence-electron chi connectivity index (χ0n) is 11.4. The third-order valence-corrected chi connectivity index (χ3v) is 4.36. The lowest BCUT2D eigenvalue weighted by Crippen LogP contribution is -2.25. The summed E-state index contributed by atoms with van der Waals surface area (Å²) in [5.41, 5.74) is 2.07. The number of anilines is 1. The quantitative estimate of drug-likeness (QED) is 0.715. The summed E-state index contributed by atoms with van der Waals surface area (Å²) >= 11 is 1.57. The van der Waals surface area contributed by atoms with Crippen LogP contribution in [0.15, 0.2) is 53.9 Å². The van der Waals surface area contributed by atoms with Crippen LogP contribution in [-0.4, -0.2) is 13.0 Å². The maximum Gasteiger partial charge on any atom is 0.259 e. The number of amides is 1. The summed E-state index contributed by atoms with van der Waals surface area (Å²) in [5.74, 6) is -0.0443. The summed E-state index contributed by atoms with van der Waals surface area (Å²) in [5, 5.41) is 11.7. The lowest BCUT2D eigenvalue weighted by molar-refractivity contribution is 0.0995. The molecular formula is C17H12N2OS. The number of hydrogen-bond donors (Lipinski definition) is 0. The normalized spacial score (nSPS) is 10.3. The van der Waals surface area contributed by atoms with Crippen LogP contribution in [-0.2, 0) is 0 Å². The molecule has 0 aliphatic heterocycles. The van der Waals surface area contributed by atoms with Gasteiger partial charge in [0.15, 0.2) is 0 Å². The van der Waals surface area contributed by atoms with Crippen LogP contribution in [0.1, 0.15) is 15.9 Å². The Labute approximate surface area is 126 Å². The van der Waals surface area contributed by atoms with E-state index < -0.39 is 0 Å². The molecule has 1 aromatic heterocycles. The van der Waals surface area contributed by atoms with Gasteiger partial charge >= 0.3 is 0 Å². The number of fused-ring (bicyclic) bond motifs is 1. The van der Waals surface area contributed by atoms with Gasteiger partial charge in [0.05, 0.1) is 17.2 Å². The SMILES string of the molecule is CN(C(=O)c1csc2ccccc12)c1ccc(C#N)cc1. The van der Waals surface area contributed by atoms with Crippen molar-refractivity contribution in [1.82, 2.24) is 0 Å². The molecule has 4 heteroatoms. The molecule has 3 nitrogen and oxygen atoms in total. The molecule has 0 unspecified atom stereocenters. The van der Waals surface area contributed by atoms with Crippen molar-refractivity contribution in [2.24, 2.45) is 0 Å². The smallest absolute Gasteiger partial charge is 0.259 e. The summed E-state index contributed by atoms with van der Waals surface area (Å²) in [6, 6.07) is 16.9. The predicted molar refractivity (Wildman–Crippen MR) is 85.7 cm³/mol. The van der Waals surface area contributed by atoms with E-state index in [2.05, 4.69) is 6.07 Å². The fourth-order valence-corrected chi connectivity index (χ4v) is 3.14. The fraction of sp³-hybridized carbons (Fsp3) is 0.0588. The Bertz CT molecular complexity index is 843. The van der Waals surface area contributed by atoms with Crippen LogP contribution in [0.2, 0.25) is 0 Å². The van der Waals surface area contributed by atoms with Crippen molar-refractivity contribution in [3.63, 3.8) is 0 Å². The first kappa shape index (κ1) is 13.3. The zero-order valence-corrected chi connectivity index (χ0v) is 12.2. The van der Waals surface area contributed by atoms with Crippen LogP contribution < -0.4 is 4.90 Å². The van der Waals surface area contributed by atoms with Crippen molar-refractivity contribution in [2.75, 3.05) is 11.9 Å². The fourth-order valence-electron chi connectivity index (χ4n) is 2.20. The third-order valence-electron chi connectivity index (χ3n) is 3.40. The molecule has 0 saturated heterocycles. The van der Waals surface area contributed by atoms with Crippen molar-refractivity contribution in [1.29, 1.82) is 5.26 Å². The van der Waals surface area contributed by atoms with Gasteiger partial charge in [0.25, 0.3) is 5.91 Å². The minimum absolute atomic E-state index is 0.0443. The second kappa shape index (κ2) is 5.39. The molecule has 1 heterocycles. The standard InChI is InChI=1S/C17H12N2OS/c1-19(13-8-6-12(10-18)7-9-13)17(20)15-11-21-16-5-3-2-4-14(15)16/h2-9,11H,1H3. The number of carbonyl (C=O) groups is 1. The van der Waals surface area contributed by atoms with E-state index in [4.69, 9.17) is 5.26 Å². The molecule has 102 valence electrons. The second-order valence-corrected chi connectivity index (χ2v) is 5.58. The summed E-state index contributed by atoms with van der Waals surface area (Å²) < 4.78 is 1.11. The lowest BCUT2D eigenvalue weighted by atomic mass is 10.1. The van der Waals surface area contributed by atoms with Crippen LogP contribution in [0.3, 0.4) is 0 Å². The Balaban J connectivity index is 1.95. The van der Waals surface area contributed by atoms with E-state index in [-0.39, 0.29) is 5.91 Å². The van der Waals surface area contributed by atoms with Crippen LogP contribution in [0, 0.1) is 11.3 Å². The highest BCUT2D eigenvalue weighted by atomic mass is 32.1. The van der Waals surface area contributed by atoms with Gasteiger partial charge < -0.3 is 4.90 Å². The lowest BCUT2D eigenvalue weighted by Gasteiger charge is -2.17. The molecule has 2 aromatic carbocycles. The molecule has 3 aromatic rings. The molecule has 3 rings (SSSR count). The first-order chi connectivity index (χ1) is 10.2. The Morgan fingerprint density at radius 3 is 2.57 bits per heavy atom. The van der Waals surface area contributed by atoms with Crippen molar-refractivity contribution in [2.45, 2.75) is 0 Å². The Hall–Kier alpha value is -2.64. The largest absolute Gasteiger partial charge is 0.311 e. The molecule has 0 saturated carbocycles. The first-order valence-corrected chi connectivity index (χ1v) is 7.33. The van der Waals surface area contributed by atoms with E-state index in [9.17, 15) is 4.79 Å². The second-order valence-electron chi connectivity index (χ2n) is 4.67. The minimum atomic E-state index is -0.0443. The van der Waals surface area contributed by atoms with Crippen molar-refractivity contribution in [3.05, 3.63) is 65.0 Å². The van der Waals surface area contributed by atoms with Crippen molar-refractivity contribution < 1.29 is 4.79 Å². The number of nitrogens with zero attached hydrogens (tertiary/aromatic N) is 2. The van der Waals surface area contributed by atoms with Crippen molar-refractivity contribution in [3.8, 4) is 6.07 Å². The minimum Gasteiger partial charge on any atom is -0.311 e. The van der Waals surface area contributed by atoms with Gasteiger partial charge in [-0.15, -0.1) is 11.3 Å². The molecule has 21 heavy (non-hydrogen) atoms. The first-order valence-electron chi connectivity index (χ1n) is 6.45. The number of nitriles is 1. The average Bonchev–Trinajstić information content (AvgIpc) is 2.97. The molecule has 0 spiro atoms.